The van der Waals surface area contributed by atoms with Crippen LogP contribution in [-0.2, 0) is 6.42 Å². The maximum Gasteiger partial charge on any atom is 0.165 e. The maximum absolute atomic E-state index is 6.04. The molecule has 101 valence electrons. The van der Waals surface area contributed by atoms with Gasteiger partial charge in [0.15, 0.2) is 11.5 Å². The number of rotatable bonds is 3. The molecule has 0 aliphatic carbocycles. The minimum atomic E-state index is -0.249. The van der Waals surface area contributed by atoms with Gasteiger partial charge in [-0.15, -0.1) is 0 Å². The van der Waals surface area contributed by atoms with Crippen LogP contribution in [0.4, 0.5) is 0 Å². The lowest BCUT2D eigenvalue weighted by molar-refractivity contribution is 0.0948. The van der Waals surface area contributed by atoms with E-state index in [1.54, 1.807) is 0 Å². The first-order valence-corrected chi connectivity index (χ1v) is 6.41. The standard InChI is InChI=1S/C16H25O2/c1-8-12-10-9-11-13(17-15(2,3)4)14(12)18-16(5,6)7/h9-11H,1,8H2,2-7H3. The molecule has 0 saturated heterocycles. The number of benzene rings is 1. The van der Waals surface area contributed by atoms with Gasteiger partial charge in [0, 0.05) is 0 Å². The van der Waals surface area contributed by atoms with Crippen LogP contribution >= 0.6 is 0 Å². The highest BCUT2D eigenvalue weighted by atomic mass is 16.5. The molecule has 0 aliphatic heterocycles. The Morgan fingerprint density at radius 2 is 1.50 bits per heavy atom. The summed E-state index contributed by atoms with van der Waals surface area (Å²) in [5.41, 5.74) is 0.587. The van der Waals surface area contributed by atoms with Crippen LogP contribution < -0.4 is 9.47 Å². The van der Waals surface area contributed by atoms with Crippen molar-refractivity contribution in [1.29, 1.82) is 0 Å². The molecule has 0 bridgehead atoms. The Kier molecular flexibility index (Phi) is 4.31. The van der Waals surface area contributed by atoms with E-state index in [1.807, 2.05) is 59.7 Å². The summed E-state index contributed by atoms with van der Waals surface area (Å²) >= 11 is 0. The molecule has 1 radical (unpaired) electrons. The molecular formula is C16H25O2. The number of para-hydroxylation sites is 1. The molecule has 0 N–H and O–H groups in total. The van der Waals surface area contributed by atoms with E-state index in [0.717, 1.165) is 17.1 Å². The average molecular weight is 249 g/mol. The number of hydrogen-bond donors (Lipinski definition) is 0. The van der Waals surface area contributed by atoms with E-state index in [1.165, 1.54) is 0 Å². The fourth-order valence-electron chi connectivity index (χ4n) is 1.59. The van der Waals surface area contributed by atoms with Crippen molar-refractivity contribution in [1.82, 2.24) is 0 Å². The molecule has 18 heavy (non-hydrogen) atoms. The maximum atomic E-state index is 6.04. The second-order valence-electron chi connectivity index (χ2n) is 6.42. The third kappa shape index (κ3) is 4.59. The first kappa shape index (κ1) is 14.9. The zero-order valence-electron chi connectivity index (χ0n) is 12.5. The summed E-state index contributed by atoms with van der Waals surface area (Å²) in [5, 5.41) is 0. The molecule has 0 spiro atoms. The summed E-state index contributed by atoms with van der Waals surface area (Å²) < 4.78 is 12.0. The van der Waals surface area contributed by atoms with Crippen LogP contribution in [0.2, 0.25) is 0 Å². The lowest BCUT2D eigenvalue weighted by Gasteiger charge is -2.28. The normalized spacial score (nSPS) is 12.4. The van der Waals surface area contributed by atoms with Gasteiger partial charge in [-0.05, 0) is 66.5 Å². The molecule has 0 unspecified atom stereocenters. The van der Waals surface area contributed by atoms with Gasteiger partial charge in [0.1, 0.15) is 11.2 Å². The van der Waals surface area contributed by atoms with Gasteiger partial charge in [0.25, 0.3) is 0 Å². The van der Waals surface area contributed by atoms with Crippen molar-refractivity contribution < 1.29 is 9.47 Å². The van der Waals surface area contributed by atoms with Gasteiger partial charge in [-0.3, -0.25) is 0 Å². The zero-order chi connectivity index (χ0) is 14.0. The lowest BCUT2D eigenvalue weighted by atomic mass is 10.1. The van der Waals surface area contributed by atoms with Gasteiger partial charge in [-0.25, -0.2) is 0 Å². The van der Waals surface area contributed by atoms with E-state index >= 15 is 0 Å². The summed E-state index contributed by atoms with van der Waals surface area (Å²) in [5.74, 6) is 1.61. The summed E-state index contributed by atoms with van der Waals surface area (Å²) in [4.78, 5) is 0. The predicted molar refractivity (Wildman–Crippen MR) is 76.3 cm³/mol. The SMILES string of the molecule is [CH2]Cc1cccc(OC(C)(C)C)c1OC(C)(C)C. The lowest BCUT2D eigenvalue weighted by Crippen LogP contribution is -2.27. The van der Waals surface area contributed by atoms with Crippen LogP contribution in [0, 0.1) is 6.92 Å². The molecule has 0 aromatic heterocycles. The van der Waals surface area contributed by atoms with E-state index in [4.69, 9.17) is 9.47 Å². The van der Waals surface area contributed by atoms with E-state index in [-0.39, 0.29) is 11.2 Å². The van der Waals surface area contributed by atoms with Crippen molar-refractivity contribution in [3.05, 3.63) is 30.7 Å². The molecule has 1 aromatic carbocycles. The van der Waals surface area contributed by atoms with Crippen molar-refractivity contribution in [2.75, 3.05) is 0 Å². The van der Waals surface area contributed by atoms with Crippen molar-refractivity contribution in [2.45, 2.75) is 59.2 Å². The summed E-state index contributed by atoms with van der Waals surface area (Å²) in [6.45, 7) is 16.2. The zero-order valence-corrected chi connectivity index (χ0v) is 12.5. The van der Waals surface area contributed by atoms with Crippen LogP contribution in [0.1, 0.15) is 47.1 Å². The summed E-state index contributed by atoms with van der Waals surface area (Å²) in [7, 11) is 0. The van der Waals surface area contributed by atoms with Crippen LogP contribution in [0.3, 0.4) is 0 Å². The third-order valence-electron chi connectivity index (χ3n) is 2.15. The van der Waals surface area contributed by atoms with E-state index in [0.29, 0.717) is 6.42 Å². The molecule has 2 heteroatoms. The quantitative estimate of drug-likeness (QED) is 0.789. The second-order valence-corrected chi connectivity index (χ2v) is 6.42. The number of hydrogen-bond acceptors (Lipinski definition) is 2. The van der Waals surface area contributed by atoms with Gasteiger partial charge in [-0.2, -0.15) is 0 Å². The fourth-order valence-corrected chi connectivity index (χ4v) is 1.59. The van der Waals surface area contributed by atoms with Crippen LogP contribution in [0.15, 0.2) is 18.2 Å². The van der Waals surface area contributed by atoms with Gasteiger partial charge < -0.3 is 9.47 Å². The molecule has 0 fully saturated rings. The number of ether oxygens (including phenoxy) is 2. The van der Waals surface area contributed by atoms with Gasteiger partial charge in [0.05, 0.1) is 0 Å². The van der Waals surface area contributed by atoms with E-state index < -0.39 is 0 Å². The van der Waals surface area contributed by atoms with Crippen LogP contribution in [-0.4, -0.2) is 11.2 Å². The van der Waals surface area contributed by atoms with Crippen molar-refractivity contribution >= 4 is 0 Å². The highest BCUT2D eigenvalue weighted by Crippen LogP contribution is 2.36. The fraction of sp³-hybridized carbons (Fsp3) is 0.562. The summed E-state index contributed by atoms with van der Waals surface area (Å²) in [6.07, 6.45) is 0.687. The molecule has 0 saturated carbocycles. The predicted octanol–water partition coefficient (Wildman–Crippen LogP) is 4.42. The Hall–Kier alpha value is -1.18. The Balaban J connectivity index is 3.16. The third-order valence-corrected chi connectivity index (χ3v) is 2.15. The molecule has 1 aromatic rings. The van der Waals surface area contributed by atoms with Crippen LogP contribution in [0.5, 0.6) is 11.5 Å². The summed E-state index contributed by atoms with van der Waals surface area (Å²) in [6, 6.07) is 5.96. The molecule has 1 rings (SSSR count). The van der Waals surface area contributed by atoms with E-state index in [2.05, 4.69) is 6.92 Å². The Morgan fingerprint density at radius 3 is 1.94 bits per heavy atom. The van der Waals surface area contributed by atoms with Crippen molar-refractivity contribution in [2.24, 2.45) is 0 Å². The van der Waals surface area contributed by atoms with Crippen LogP contribution in [0.25, 0.3) is 0 Å². The van der Waals surface area contributed by atoms with E-state index in [9.17, 15) is 0 Å². The highest BCUT2D eigenvalue weighted by Gasteiger charge is 2.21. The molecule has 0 amide bonds. The van der Waals surface area contributed by atoms with Gasteiger partial charge in [0.2, 0.25) is 0 Å². The first-order valence-electron chi connectivity index (χ1n) is 6.41. The van der Waals surface area contributed by atoms with Crippen molar-refractivity contribution in [3.63, 3.8) is 0 Å². The van der Waals surface area contributed by atoms with Gasteiger partial charge in [-0.1, -0.05) is 12.1 Å². The highest BCUT2D eigenvalue weighted by molar-refractivity contribution is 5.47. The molecule has 2 nitrogen and oxygen atoms in total. The minimum absolute atomic E-state index is 0.240. The smallest absolute Gasteiger partial charge is 0.165 e. The molecule has 0 heterocycles. The average Bonchev–Trinajstić information content (AvgIpc) is 2.16. The van der Waals surface area contributed by atoms with Gasteiger partial charge >= 0.3 is 0 Å². The molecule has 0 aliphatic rings. The Bertz CT molecular complexity index is 395. The topological polar surface area (TPSA) is 18.5 Å². The molecular weight excluding hydrogens is 224 g/mol. The largest absolute Gasteiger partial charge is 0.484 e. The Morgan fingerprint density at radius 1 is 0.944 bits per heavy atom. The van der Waals surface area contributed by atoms with Crippen molar-refractivity contribution in [3.8, 4) is 11.5 Å². The second kappa shape index (κ2) is 5.21. The monoisotopic (exact) mass is 249 g/mol. The first-order chi connectivity index (χ1) is 8.12. The minimum Gasteiger partial charge on any atom is -0.484 e. The Labute approximate surface area is 111 Å². The molecule has 0 atom stereocenters.